The minimum Gasteiger partial charge on any atom is -0.301 e. The predicted octanol–water partition coefficient (Wildman–Crippen LogP) is 4.12. The van der Waals surface area contributed by atoms with Crippen LogP contribution in [0.1, 0.15) is 29.8 Å². The molecule has 6 nitrogen and oxygen atoms in total. The van der Waals surface area contributed by atoms with Gasteiger partial charge < -0.3 is 5.32 Å². The predicted molar refractivity (Wildman–Crippen MR) is 103 cm³/mol. The molecule has 3 rings (SSSR count). The molecule has 0 saturated heterocycles. The Morgan fingerprint density at radius 2 is 2.04 bits per heavy atom. The largest absolute Gasteiger partial charge is 0.301 e. The number of amidine groups is 1. The molecule has 0 spiro atoms. The first kappa shape index (κ1) is 19.0. The van der Waals surface area contributed by atoms with Gasteiger partial charge in [0, 0.05) is 29.0 Å². The Labute approximate surface area is 160 Å². The number of carbonyl (C=O) groups excluding carboxylic acids is 1. The maximum Gasteiger partial charge on any atom is 0.270 e. The Balaban J connectivity index is 1.96. The van der Waals surface area contributed by atoms with Crippen LogP contribution in [0.2, 0.25) is 0 Å². The number of carbonyl (C=O) groups is 1. The highest BCUT2D eigenvalue weighted by Gasteiger charge is 2.40. The van der Waals surface area contributed by atoms with Crippen LogP contribution in [-0.4, -0.2) is 21.8 Å². The Kier molecular flexibility index (Phi) is 5.27. The van der Waals surface area contributed by atoms with E-state index in [1.807, 2.05) is 13.0 Å². The van der Waals surface area contributed by atoms with Gasteiger partial charge in [-0.3, -0.25) is 19.9 Å². The van der Waals surface area contributed by atoms with Crippen LogP contribution in [0.15, 0.2) is 53.5 Å². The highest BCUT2D eigenvalue weighted by atomic mass is 32.2. The topological polar surface area (TPSA) is 84.6 Å². The summed E-state index contributed by atoms with van der Waals surface area (Å²) in [6, 6.07) is 12.1. The van der Waals surface area contributed by atoms with Gasteiger partial charge in [0.05, 0.1) is 10.5 Å². The first-order valence-corrected chi connectivity index (χ1v) is 9.33. The lowest BCUT2D eigenvalue weighted by Gasteiger charge is -2.36. The maximum absolute atomic E-state index is 14.5. The minimum atomic E-state index is -1.03. The molecular formula is C19H18FN3O3S. The number of nitrogens with one attached hydrogen (secondary N) is 1. The van der Waals surface area contributed by atoms with E-state index in [9.17, 15) is 19.3 Å². The van der Waals surface area contributed by atoms with Crippen molar-refractivity contribution in [1.82, 2.24) is 5.32 Å². The van der Waals surface area contributed by atoms with Crippen LogP contribution < -0.4 is 5.32 Å². The zero-order valence-electron chi connectivity index (χ0n) is 14.8. The lowest BCUT2D eigenvalue weighted by Crippen LogP contribution is -2.40. The van der Waals surface area contributed by atoms with Gasteiger partial charge in [0.15, 0.2) is 5.17 Å². The van der Waals surface area contributed by atoms with Gasteiger partial charge in [-0.15, -0.1) is 0 Å². The number of thioether (sulfide) groups is 1. The van der Waals surface area contributed by atoms with E-state index in [-0.39, 0.29) is 23.1 Å². The van der Waals surface area contributed by atoms with E-state index in [2.05, 4.69) is 10.3 Å². The first-order chi connectivity index (χ1) is 12.8. The van der Waals surface area contributed by atoms with Crippen molar-refractivity contribution in [3.8, 4) is 0 Å². The molecule has 0 aliphatic carbocycles. The Morgan fingerprint density at radius 1 is 1.33 bits per heavy atom. The summed E-state index contributed by atoms with van der Waals surface area (Å²) in [6.07, 6.45) is 0. The average molecular weight is 387 g/mol. The van der Waals surface area contributed by atoms with E-state index in [0.29, 0.717) is 16.5 Å². The highest BCUT2D eigenvalue weighted by Crippen LogP contribution is 2.41. The second kappa shape index (κ2) is 7.48. The van der Waals surface area contributed by atoms with Gasteiger partial charge in [-0.2, -0.15) is 0 Å². The Morgan fingerprint density at radius 3 is 2.70 bits per heavy atom. The van der Waals surface area contributed by atoms with Crippen molar-refractivity contribution in [2.75, 3.05) is 5.75 Å². The SMILES string of the molecule is CC1CSC(NC(=O)c2ccccc2)=N[C@]1(C)c1cc([N+](=O)[O-])ccc1F. The molecule has 1 aliphatic rings. The van der Waals surface area contributed by atoms with E-state index in [4.69, 9.17) is 0 Å². The second-order valence-corrected chi connectivity index (χ2v) is 7.53. The summed E-state index contributed by atoms with van der Waals surface area (Å²) >= 11 is 1.37. The number of amides is 1. The quantitative estimate of drug-likeness (QED) is 0.634. The van der Waals surface area contributed by atoms with Crippen molar-refractivity contribution in [3.05, 3.63) is 75.6 Å². The average Bonchev–Trinajstić information content (AvgIpc) is 2.65. The zero-order chi connectivity index (χ0) is 19.6. The molecule has 0 saturated carbocycles. The van der Waals surface area contributed by atoms with E-state index in [0.717, 1.165) is 12.1 Å². The molecule has 0 bridgehead atoms. The Bertz CT molecular complexity index is 920. The van der Waals surface area contributed by atoms with Crippen LogP contribution in [-0.2, 0) is 5.54 Å². The van der Waals surface area contributed by atoms with Crippen molar-refractivity contribution in [1.29, 1.82) is 0 Å². The standard InChI is InChI=1S/C19H18FN3O3S/c1-12-11-27-18(21-17(24)13-6-4-3-5-7-13)22-19(12,2)15-10-14(23(25)26)8-9-16(15)20/h3-10,12H,11H2,1-2H3,(H,21,22,24)/t12?,19-/m0/s1. The van der Waals surface area contributed by atoms with Gasteiger partial charge in [-0.25, -0.2) is 4.39 Å². The third kappa shape index (κ3) is 3.85. The number of benzene rings is 2. The smallest absolute Gasteiger partial charge is 0.270 e. The van der Waals surface area contributed by atoms with E-state index >= 15 is 0 Å². The second-order valence-electron chi connectivity index (χ2n) is 6.52. The molecule has 8 heteroatoms. The summed E-state index contributed by atoms with van der Waals surface area (Å²) in [5.74, 6) is -0.360. The normalized spacial score (nSPS) is 22.0. The number of hydrogen-bond acceptors (Lipinski definition) is 5. The summed E-state index contributed by atoms with van der Waals surface area (Å²) in [5.41, 5.74) is -0.581. The number of hydrogen-bond donors (Lipinski definition) is 1. The van der Waals surface area contributed by atoms with Gasteiger partial charge in [-0.05, 0) is 31.0 Å². The van der Waals surface area contributed by atoms with E-state index in [1.165, 1.54) is 17.8 Å². The molecule has 2 aromatic rings. The molecule has 2 atom stereocenters. The molecule has 0 aromatic heterocycles. The number of aliphatic imine (C=N–C) groups is 1. The Hall–Kier alpha value is -2.74. The fourth-order valence-corrected chi connectivity index (χ4v) is 4.03. The fraction of sp³-hybridized carbons (Fsp3) is 0.263. The number of halogens is 1. The number of non-ortho nitro benzene ring substituents is 1. The summed E-state index contributed by atoms with van der Waals surface area (Å²) in [6.45, 7) is 3.64. The van der Waals surface area contributed by atoms with Crippen molar-refractivity contribution >= 4 is 28.5 Å². The molecule has 140 valence electrons. The molecule has 1 heterocycles. The summed E-state index contributed by atoms with van der Waals surface area (Å²) in [7, 11) is 0. The number of rotatable bonds is 3. The molecule has 0 fully saturated rings. The first-order valence-electron chi connectivity index (χ1n) is 8.34. The molecule has 2 aromatic carbocycles. The third-order valence-corrected chi connectivity index (χ3v) is 5.86. The lowest BCUT2D eigenvalue weighted by molar-refractivity contribution is -0.385. The molecule has 27 heavy (non-hydrogen) atoms. The molecule has 0 radical (unpaired) electrons. The van der Waals surface area contributed by atoms with Crippen LogP contribution in [0.3, 0.4) is 0 Å². The highest BCUT2D eigenvalue weighted by molar-refractivity contribution is 8.13. The monoisotopic (exact) mass is 387 g/mol. The number of nitrogens with zero attached hydrogens (tertiary/aromatic N) is 2. The minimum absolute atomic E-state index is 0.0867. The molecule has 1 aliphatic heterocycles. The van der Waals surface area contributed by atoms with Gasteiger partial charge in [0.1, 0.15) is 5.82 Å². The fourth-order valence-electron chi connectivity index (χ4n) is 2.88. The zero-order valence-corrected chi connectivity index (χ0v) is 15.6. The summed E-state index contributed by atoms with van der Waals surface area (Å²) < 4.78 is 14.5. The maximum atomic E-state index is 14.5. The van der Waals surface area contributed by atoms with Gasteiger partial charge >= 0.3 is 0 Å². The van der Waals surface area contributed by atoms with Crippen LogP contribution in [0.4, 0.5) is 10.1 Å². The van der Waals surface area contributed by atoms with Gasteiger partial charge in [0.25, 0.3) is 11.6 Å². The molecule has 1 N–H and O–H groups in total. The summed E-state index contributed by atoms with van der Waals surface area (Å²) in [4.78, 5) is 27.5. The summed E-state index contributed by atoms with van der Waals surface area (Å²) in [5, 5.41) is 14.2. The van der Waals surface area contributed by atoms with Gasteiger partial charge in [0.2, 0.25) is 0 Å². The van der Waals surface area contributed by atoms with Crippen LogP contribution >= 0.6 is 11.8 Å². The van der Waals surface area contributed by atoms with E-state index in [1.54, 1.807) is 31.2 Å². The van der Waals surface area contributed by atoms with Gasteiger partial charge in [-0.1, -0.05) is 36.9 Å². The number of nitro groups is 1. The van der Waals surface area contributed by atoms with Crippen molar-refractivity contribution in [3.63, 3.8) is 0 Å². The third-order valence-electron chi connectivity index (χ3n) is 4.73. The number of nitro benzene ring substituents is 1. The van der Waals surface area contributed by atoms with Crippen LogP contribution in [0, 0.1) is 21.8 Å². The van der Waals surface area contributed by atoms with Crippen LogP contribution in [0.25, 0.3) is 0 Å². The van der Waals surface area contributed by atoms with Crippen molar-refractivity contribution < 1.29 is 14.1 Å². The van der Waals surface area contributed by atoms with Crippen molar-refractivity contribution in [2.45, 2.75) is 19.4 Å². The van der Waals surface area contributed by atoms with E-state index < -0.39 is 16.3 Å². The molecule has 1 amide bonds. The molecular weight excluding hydrogens is 369 g/mol. The van der Waals surface area contributed by atoms with Crippen molar-refractivity contribution in [2.24, 2.45) is 10.9 Å². The molecule has 1 unspecified atom stereocenters. The van der Waals surface area contributed by atoms with Crippen LogP contribution in [0.5, 0.6) is 0 Å². The lowest BCUT2D eigenvalue weighted by atomic mass is 9.81.